The Hall–Kier alpha value is -4.59. The normalized spacial score (nSPS) is 14.4. The van der Waals surface area contributed by atoms with Crippen molar-refractivity contribution < 1.29 is 28.6 Å². The molecule has 3 aromatic carbocycles. The number of barbiturate groups is 1. The van der Waals surface area contributed by atoms with Crippen LogP contribution >= 0.6 is 0 Å². The molecule has 1 aliphatic rings. The molecule has 1 aliphatic heterocycles. The average molecular weight is 515 g/mol. The molecule has 4 rings (SSSR count). The number of aryl methyl sites for hydroxylation is 1. The van der Waals surface area contributed by atoms with Gasteiger partial charge in [-0.15, -0.1) is 0 Å². The Morgan fingerprint density at radius 1 is 0.868 bits per heavy atom. The molecule has 3 aromatic rings. The summed E-state index contributed by atoms with van der Waals surface area (Å²) in [5.41, 5.74) is 3.17. The second kappa shape index (κ2) is 12.1. The van der Waals surface area contributed by atoms with Crippen molar-refractivity contribution >= 4 is 23.9 Å². The van der Waals surface area contributed by atoms with Crippen LogP contribution in [-0.4, -0.2) is 36.5 Å². The van der Waals surface area contributed by atoms with E-state index in [1.165, 1.54) is 13.2 Å². The summed E-state index contributed by atoms with van der Waals surface area (Å²) >= 11 is 0. The monoisotopic (exact) mass is 514 g/mol. The van der Waals surface area contributed by atoms with E-state index in [2.05, 4.69) is 5.32 Å². The lowest BCUT2D eigenvalue weighted by Crippen LogP contribution is -2.53. The smallest absolute Gasteiger partial charge is 0.331 e. The maximum atomic E-state index is 13.3. The molecule has 0 saturated carbocycles. The van der Waals surface area contributed by atoms with Crippen molar-refractivity contribution in [3.63, 3.8) is 0 Å². The van der Waals surface area contributed by atoms with E-state index < -0.39 is 17.8 Å². The largest absolute Gasteiger partial charge is 0.493 e. The molecule has 1 N–H and O–H groups in total. The first-order valence-corrected chi connectivity index (χ1v) is 12.4. The molecule has 1 saturated heterocycles. The summed E-state index contributed by atoms with van der Waals surface area (Å²) in [5.74, 6) is 0.123. The first kappa shape index (κ1) is 26.5. The lowest BCUT2D eigenvalue weighted by atomic mass is 10.1. The molecule has 0 radical (unpaired) electrons. The summed E-state index contributed by atoms with van der Waals surface area (Å²) in [5, 5.41) is 2.26. The number of carbonyl (C=O) groups is 3. The molecule has 0 atom stereocenters. The summed E-state index contributed by atoms with van der Waals surface area (Å²) in [6.45, 7) is 4.83. The van der Waals surface area contributed by atoms with Gasteiger partial charge in [-0.2, -0.15) is 0 Å². The highest BCUT2D eigenvalue weighted by molar-refractivity contribution is 6.31. The number of urea groups is 1. The molecule has 0 spiro atoms. The Kier molecular flexibility index (Phi) is 8.43. The lowest BCUT2D eigenvalue weighted by Gasteiger charge is -2.26. The third-order valence-corrected chi connectivity index (χ3v) is 5.95. The van der Waals surface area contributed by atoms with Gasteiger partial charge in [-0.3, -0.25) is 19.8 Å². The summed E-state index contributed by atoms with van der Waals surface area (Å²) < 4.78 is 17.1. The molecule has 1 fully saturated rings. The minimum Gasteiger partial charge on any atom is -0.493 e. The quantitative estimate of drug-likeness (QED) is 0.301. The number of carbonyl (C=O) groups excluding carboxylic acids is 3. The second-order valence-electron chi connectivity index (χ2n) is 8.85. The maximum Gasteiger partial charge on any atom is 0.331 e. The Labute approximate surface area is 221 Å². The van der Waals surface area contributed by atoms with Crippen LogP contribution in [0.3, 0.4) is 0 Å². The summed E-state index contributed by atoms with van der Waals surface area (Å²) in [6.07, 6.45) is 2.29. The van der Waals surface area contributed by atoms with Crippen molar-refractivity contribution in [3.8, 4) is 17.2 Å². The molecular formula is C30H30N2O6. The molecule has 38 heavy (non-hydrogen) atoms. The van der Waals surface area contributed by atoms with Gasteiger partial charge in [-0.05, 0) is 48.7 Å². The van der Waals surface area contributed by atoms with Gasteiger partial charge in [0, 0.05) is 5.56 Å². The zero-order valence-electron chi connectivity index (χ0n) is 21.7. The van der Waals surface area contributed by atoms with Crippen LogP contribution in [0.1, 0.15) is 35.6 Å². The summed E-state index contributed by atoms with van der Waals surface area (Å²) in [4.78, 5) is 39.6. The number of benzene rings is 3. The first-order valence-electron chi connectivity index (χ1n) is 12.4. The van der Waals surface area contributed by atoms with Crippen LogP contribution < -0.4 is 19.5 Å². The topological polar surface area (TPSA) is 94.2 Å². The minimum absolute atomic E-state index is 0.0503. The zero-order chi connectivity index (χ0) is 27.1. The van der Waals surface area contributed by atoms with Crippen LogP contribution in [0.15, 0.2) is 72.3 Å². The van der Waals surface area contributed by atoms with E-state index in [1.807, 2.05) is 44.2 Å². The van der Waals surface area contributed by atoms with Crippen LogP contribution in [0.5, 0.6) is 17.2 Å². The van der Waals surface area contributed by atoms with Crippen molar-refractivity contribution in [2.75, 3.05) is 13.7 Å². The fourth-order valence-electron chi connectivity index (χ4n) is 3.89. The number of imide groups is 2. The van der Waals surface area contributed by atoms with Crippen LogP contribution in [-0.2, 0) is 22.7 Å². The maximum absolute atomic E-state index is 13.3. The van der Waals surface area contributed by atoms with Crippen molar-refractivity contribution in [3.05, 3.63) is 94.6 Å². The van der Waals surface area contributed by atoms with Crippen LogP contribution in [0, 0.1) is 6.92 Å². The van der Waals surface area contributed by atoms with Gasteiger partial charge >= 0.3 is 6.03 Å². The lowest BCUT2D eigenvalue weighted by molar-refractivity contribution is -0.130. The Morgan fingerprint density at radius 2 is 1.61 bits per heavy atom. The fourth-order valence-corrected chi connectivity index (χ4v) is 3.89. The standard InChI is InChI=1S/C30H30N2O6/c1-4-15-37-26-14-13-22(16-27(26)36-3)18-32-29(34)24(28(33)31-30(32)35)17-23-7-5-6-8-25(23)38-19-21-11-9-20(2)10-12-21/h5-14,16-17H,4,15,18-19H2,1-3H3,(H,31,33,35)/b24-17-. The van der Waals surface area contributed by atoms with Crippen molar-refractivity contribution in [2.45, 2.75) is 33.4 Å². The van der Waals surface area contributed by atoms with Crippen molar-refractivity contribution in [1.29, 1.82) is 0 Å². The van der Waals surface area contributed by atoms with Gasteiger partial charge in [-0.1, -0.05) is 61.0 Å². The Morgan fingerprint density at radius 3 is 2.34 bits per heavy atom. The molecule has 1 heterocycles. The summed E-state index contributed by atoms with van der Waals surface area (Å²) in [7, 11) is 1.52. The molecule has 4 amide bonds. The van der Waals surface area contributed by atoms with Gasteiger partial charge < -0.3 is 14.2 Å². The van der Waals surface area contributed by atoms with E-state index in [-0.39, 0.29) is 12.1 Å². The van der Waals surface area contributed by atoms with Crippen LogP contribution in [0.25, 0.3) is 6.08 Å². The number of amides is 4. The Bertz CT molecular complexity index is 1360. The van der Waals surface area contributed by atoms with E-state index in [0.29, 0.717) is 41.6 Å². The number of hydrogen-bond donors (Lipinski definition) is 1. The average Bonchev–Trinajstić information content (AvgIpc) is 2.92. The molecule has 196 valence electrons. The van der Waals surface area contributed by atoms with E-state index >= 15 is 0 Å². The van der Waals surface area contributed by atoms with E-state index in [4.69, 9.17) is 14.2 Å². The number of hydrogen-bond acceptors (Lipinski definition) is 6. The van der Waals surface area contributed by atoms with E-state index in [1.54, 1.807) is 36.4 Å². The molecule has 0 bridgehead atoms. The summed E-state index contributed by atoms with van der Waals surface area (Å²) in [6, 6.07) is 19.5. The zero-order valence-corrected chi connectivity index (χ0v) is 21.7. The Balaban J connectivity index is 1.55. The molecule has 0 aliphatic carbocycles. The van der Waals surface area contributed by atoms with Gasteiger partial charge in [0.05, 0.1) is 20.3 Å². The number of ether oxygens (including phenoxy) is 3. The first-order chi connectivity index (χ1) is 18.4. The molecule has 8 heteroatoms. The van der Waals surface area contributed by atoms with Crippen molar-refractivity contribution in [1.82, 2.24) is 10.2 Å². The van der Waals surface area contributed by atoms with Crippen LogP contribution in [0.2, 0.25) is 0 Å². The number of para-hydroxylation sites is 1. The number of rotatable bonds is 10. The van der Waals surface area contributed by atoms with Gasteiger partial charge in [0.2, 0.25) is 0 Å². The van der Waals surface area contributed by atoms with Gasteiger partial charge in [-0.25, -0.2) is 4.79 Å². The number of nitrogens with one attached hydrogen (secondary N) is 1. The SMILES string of the molecule is CCCOc1ccc(CN2C(=O)NC(=O)/C(=C/c3ccccc3OCc3ccc(C)cc3)C2=O)cc1OC. The fraction of sp³-hybridized carbons (Fsp3) is 0.233. The highest BCUT2D eigenvalue weighted by Gasteiger charge is 2.36. The van der Waals surface area contributed by atoms with Crippen LogP contribution in [0.4, 0.5) is 4.79 Å². The predicted octanol–water partition coefficient (Wildman–Crippen LogP) is 5.03. The highest BCUT2D eigenvalue weighted by Crippen LogP contribution is 2.30. The minimum atomic E-state index is -0.786. The highest BCUT2D eigenvalue weighted by atomic mass is 16.5. The van der Waals surface area contributed by atoms with E-state index in [0.717, 1.165) is 22.4 Å². The predicted molar refractivity (Wildman–Crippen MR) is 143 cm³/mol. The third-order valence-electron chi connectivity index (χ3n) is 5.95. The second-order valence-corrected chi connectivity index (χ2v) is 8.85. The molecular weight excluding hydrogens is 484 g/mol. The van der Waals surface area contributed by atoms with Gasteiger partial charge in [0.25, 0.3) is 11.8 Å². The van der Waals surface area contributed by atoms with Crippen molar-refractivity contribution in [2.24, 2.45) is 0 Å². The van der Waals surface area contributed by atoms with E-state index in [9.17, 15) is 14.4 Å². The number of nitrogens with zero attached hydrogens (tertiary/aromatic N) is 1. The van der Waals surface area contributed by atoms with Gasteiger partial charge in [0.1, 0.15) is 17.9 Å². The molecule has 8 nitrogen and oxygen atoms in total. The third kappa shape index (κ3) is 6.21. The van der Waals surface area contributed by atoms with Gasteiger partial charge in [0.15, 0.2) is 11.5 Å². The molecule has 0 unspecified atom stereocenters. The number of methoxy groups -OCH3 is 1. The molecule has 0 aromatic heterocycles.